The van der Waals surface area contributed by atoms with Crippen LogP contribution in [-0.4, -0.2) is 26.0 Å². The van der Waals surface area contributed by atoms with Gasteiger partial charge < -0.3 is 9.84 Å². The molecule has 3 aromatic heterocycles. The van der Waals surface area contributed by atoms with Crippen LogP contribution in [0, 0.1) is 6.92 Å². The Kier molecular flexibility index (Phi) is 4.71. The summed E-state index contributed by atoms with van der Waals surface area (Å²) in [4.78, 5) is 25.7. The molecule has 0 bridgehead atoms. The van der Waals surface area contributed by atoms with Crippen LogP contribution in [-0.2, 0) is 6.42 Å². The maximum atomic E-state index is 12.5. The maximum Gasteiger partial charge on any atom is 0.267 e. The average Bonchev–Trinajstić information content (AvgIpc) is 3.33. The zero-order chi connectivity index (χ0) is 18.6. The minimum absolute atomic E-state index is 0.177. The lowest BCUT2D eigenvalue weighted by atomic mass is 10.1. The Morgan fingerprint density at radius 3 is 2.89 bits per heavy atom. The van der Waals surface area contributed by atoms with Gasteiger partial charge in [0, 0.05) is 23.6 Å². The van der Waals surface area contributed by atoms with Crippen molar-refractivity contribution in [1.82, 2.24) is 20.1 Å². The number of anilines is 1. The molecule has 7 nitrogen and oxygen atoms in total. The molecule has 4 aromatic rings. The number of pyridine rings is 1. The minimum Gasteiger partial charge on any atom is -0.339 e. The van der Waals surface area contributed by atoms with Gasteiger partial charge in [0.05, 0.1) is 17.6 Å². The van der Waals surface area contributed by atoms with Crippen LogP contribution in [0.5, 0.6) is 0 Å². The molecule has 0 saturated carbocycles. The van der Waals surface area contributed by atoms with E-state index in [0.717, 1.165) is 11.1 Å². The Morgan fingerprint density at radius 2 is 2.11 bits per heavy atom. The summed E-state index contributed by atoms with van der Waals surface area (Å²) < 4.78 is 5.36. The molecule has 0 fully saturated rings. The second-order valence-corrected chi connectivity index (χ2v) is 6.66. The first-order valence-electron chi connectivity index (χ1n) is 8.23. The molecule has 1 N–H and O–H groups in total. The molecule has 4 rings (SSSR count). The van der Waals surface area contributed by atoms with E-state index >= 15 is 0 Å². The predicted molar refractivity (Wildman–Crippen MR) is 102 cm³/mol. The molecule has 3 heterocycles. The number of hydrogen-bond donors (Lipinski definition) is 1. The van der Waals surface area contributed by atoms with Crippen LogP contribution in [0.3, 0.4) is 0 Å². The molecule has 0 aliphatic carbocycles. The molecule has 0 aliphatic heterocycles. The number of thiazole rings is 1. The van der Waals surface area contributed by atoms with Crippen LogP contribution in [0.2, 0.25) is 0 Å². The van der Waals surface area contributed by atoms with Crippen LogP contribution in [0.25, 0.3) is 11.4 Å². The Hall–Kier alpha value is -3.39. The van der Waals surface area contributed by atoms with E-state index in [1.165, 1.54) is 11.3 Å². The van der Waals surface area contributed by atoms with Gasteiger partial charge in [-0.2, -0.15) is 4.98 Å². The number of benzene rings is 1. The van der Waals surface area contributed by atoms with Gasteiger partial charge in [0.25, 0.3) is 5.91 Å². The molecule has 1 amide bonds. The van der Waals surface area contributed by atoms with Crippen molar-refractivity contribution >= 4 is 22.9 Å². The van der Waals surface area contributed by atoms with Crippen molar-refractivity contribution in [1.29, 1.82) is 0 Å². The number of aromatic nitrogens is 4. The van der Waals surface area contributed by atoms with Crippen molar-refractivity contribution in [2.75, 3.05) is 5.32 Å². The summed E-state index contributed by atoms with van der Waals surface area (Å²) >= 11 is 1.32. The van der Waals surface area contributed by atoms with Gasteiger partial charge in [0.15, 0.2) is 0 Å². The zero-order valence-corrected chi connectivity index (χ0v) is 15.2. The second-order valence-electron chi connectivity index (χ2n) is 5.81. The van der Waals surface area contributed by atoms with E-state index in [0.29, 0.717) is 34.4 Å². The summed E-state index contributed by atoms with van der Waals surface area (Å²) in [7, 11) is 0. The van der Waals surface area contributed by atoms with Crippen molar-refractivity contribution < 1.29 is 9.32 Å². The standard InChI is InChI=1S/C19H15N5O2S/c1-12-17(27-11-21-12)19(25)22-15-7-3-2-5-13(15)9-16-23-18(24-26-16)14-6-4-8-20-10-14/h2-8,10-11H,9H2,1H3,(H,22,25). The molecule has 0 aliphatic rings. The highest BCUT2D eigenvalue weighted by Gasteiger charge is 2.15. The molecule has 0 saturated heterocycles. The summed E-state index contributed by atoms with van der Waals surface area (Å²) in [5.41, 5.74) is 4.75. The minimum atomic E-state index is -0.177. The van der Waals surface area contributed by atoms with E-state index in [1.807, 2.05) is 43.3 Å². The fourth-order valence-electron chi connectivity index (χ4n) is 2.60. The quantitative estimate of drug-likeness (QED) is 0.569. The lowest BCUT2D eigenvalue weighted by Gasteiger charge is -2.09. The Morgan fingerprint density at radius 1 is 1.22 bits per heavy atom. The summed E-state index contributed by atoms with van der Waals surface area (Å²) in [6.07, 6.45) is 3.78. The van der Waals surface area contributed by atoms with Crippen LogP contribution in [0.15, 0.2) is 58.8 Å². The van der Waals surface area contributed by atoms with Crippen molar-refractivity contribution in [3.8, 4) is 11.4 Å². The Bertz CT molecular complexity index is 1070. The van der Waals surface area contributed by atoms with Gasteiger partial charge in [-0.3, -0.25) is 9.78 Å². The van der Waals surface area contributed by atoms with Gasteiger partial charge >= 0.3 is 0 Å². The van der Waals surface area contributed by atoms with Crippen LogP contribution >= 0.6 is 11.3 Å². The van der Waals surface area contributed by atoms with Crippen LogP contribution < -0.4 is 5.32 Å². The topological polar surface area (TPSA) is 93.8 Å². The summed E-state index contributed by atoms with van der Waals surface area (Å²) in [6.45, 7) is 1.82. The molecule has 27 heavy (non-hydrogen) atoms. The van der Waals surface area contributed by atoms with E-state index in [4.69, 9.17) is 4.52 Å². The number of para-hydroxylation sites is 1. The van der Waals surface area contributed by atoms with Gasteiger partial charge in [-0.25, -0.2) is 4.98 Å². The highest BCUT2D eigenvalue weighted by molar-refractivity contribution is 7.12. The molecular weight excluding hydrogens is 362 g/mol. The van der Waals surface area contributed by atoms with Gasteiger partial charge in [-0.15, -0.1) is 11.3 Å². The number of carbonyl (C=O) groups excluding carboxylic acids is 1. The van der Waals surface area contributed by atoms with Gasteiger partial charge in [0.1, 0.15) is 4.88 Å². The Labute approximate surface area is 159 Å². The summed E-state index contributed by atoms with van der Waals surface area (Å²) in [5.74, 6) is 0.772. The second kappa shape index (κ2) is 7.46. The van der Waals surface area contributed by atoms with Crippen molar-refractivity contribution in [2.45, 2.75) is 13.3 Å². The van der Waals surface area contributed by atoms with Crippen molar-refractivity contribution in [3.05, 3.63) is 76.3 Å². The SMILES string of the molecule is Cc1ncsc1C(=O)Nc1ccccc1Cc1nc(-c2cccnc2)no1. The highest BCUT2D eigenvalue weighted by atomic mass is 32.1. The number of nitrogens with zero attached hydrogens (tertiary/aromatic N) is 4. The molecule has 134 valence electrons. The number of carbonyl (C=O) groups is 1. The highest BCUT2D eigenvalue weighted by Crippen LogP contribution is 2.22. The van der Waals surface area contributed by atoms with Gasteiger partial charge in [-0.1, -0.05) is 23.4 Å². The maximum absolute atomic E-state index is 12.5. The van der Waals surface area contributed by atoms with Crippen LogP contribution in [0.4, 0.5) is 5.69 Å². The smallest absolute Gasteiger partial charge is 0.267 e. The molecule has 0 spiro atoms. The summed E-state index contributed by atoms with van der Waals surface area (Å²) in [6, 6.07) is 11.2. The number of amides is 1. The lowest BCUT2D eigenvalue weighted by Crippen LogP contribution is -2.13. The zero-order valence-electron chi connectivity index (χ0n) is 14.4. The third kappa shape index (κ3) is 3.75. The van der Waals surface area contributed by atoms with Gasteiger partial charge in [-0.05, 0) is 30.7 Å². The van der Waals surface area contributed by atoms with Crippen molar-refractivity contribution in [2.24, 2.45) is 0 Å². The molecule has 0 radical (unpaired) electrons. The molecule has 1 aromatic carbocycles. The fourth-order valence-corrected chi connectivity index (χ4v) is 3.29. The summed E-state index contributed by atoms with van der Waals surface area (Å²) in [5, 5.41) is 6.95. The first kappa shape index (κ1) is 17.0. The van der Waals surface area contributed by atoms with Gasteiger partial charge in [0.2, 0.25) is 11.7 Å². The van der Waals surface area contributed by atoms with E-state index in [1.54, 1.807) is 17.9 Å². The van der Waals surface area contributed by atoms with Crippen LogP contribution in [0.1, 0.15) is 26.8 Å². The van der Waals surface area contributed by atoms with E-state index in [-0.39, 0.29) is 5.91 Å². The monoisotopic (exact) mass is 377 g/mol. The van der Waals surface area contributed by atoms with E-state index in [2.05, 4.69) is 25.4 Å². The molecule has 0 unspecified atom stereocenters. The number of hydrogen-bond acceptors (Lipinski definition) is 7. The third-order valence-corrected chi connectivity index (χ3v) is 4.87. The largest absolute Gasteiger partial charge is 0.339 e. The normalized spacial score (nSPS) is 10.7. The fraction of sp³-hybridized carbons (Fsp3) is 0.105. The first-order valence-corrected chi connectivity index (χ1v) is 9.11. The average molecular weight is 377 g/mol. The Balaban J connectivity index is 1.54. The molecule has 0 atom stereocenters. The first-order chi connectivity index (χ1) is 13.2. The lowest BCUT2D eigenvalue weighted by molar-refractivity contribution is 0.102. The molecular formula is C19H15N5O2S. The number of nitrogens with one attached hydrogen (secondary N) is 1. The number of aryl methyl sites for hydroxylation is 1. The van der Waals surface area contributed by atoms with E-state index in [9.17, 15) is 4.79 Å². The predicted octanol–water partition coefficient (Wildman–Crippen LogP) is 3.74. The number of rotatable bonds is 5. The van der Waals surface area contributed by atoms with Crippen molar-refractivity contribution in [3.63, 3.8) is 0 Å². The third-order valence-electron chi connectivity index (χ3n) is 3.95. The molecule has 8 heteroatoms. The van der Waals surface area contributed by atoms with E-state index < -0.39 is 0 Å².